The molecule has 0 aromatic heterocycles. The summed E-state index contributed by atoms with van der Waals surface area (Å²) >= 11 is 0. The van der Waals surface area contributed by atoms with Crippen LogP contribution < -0.4 is 0 Å². The largest absolute Gasteiger partial charge is 0.410 e. The molecule has 0 aromatic carbocycles. The fourth-order valence-corrected chi connectivity index (χ4v) is 1.15. The van der Waals surface area contributed by atoms with Crippen LogP contribution in [0, 0.1) is 0 Å². The molecule has 56 valence electrons. The molecule has 0 bridgehead atoms. The molecule has 0 aromatic rings. The highest BCUT2D eigenvalue weighted by atomic mass is 31.2. The Kier molecular flexibility index (Phi) is 4.27. The van der Waals surface area contributed by atoms with Crippen LogP contribution in [-0.4, -0.2) is 37.0 Å². The van der Waals surface area contributed by atoms with Crippen molar-refractivity contribution < 1.29 is 19.0 Å². The third-order valence-corrected chi connectivity index (χ3v) is 2.86. The van der Waals surface area contributed by atoms with Gasteiger partial charge in [0.05, 0.1) is 20.8 Å². The van der Waals surface area contributed by atoms with E-state index in [1.54, 1.807) is 0 Å². The van der Waals surface area contributed by atoms with Gasteiger partial charge in [-0.25, -0.2) is 0 Å². The summed E-state index contributed by atoms with van der Waals surface area (Å²) in [5.74, 6) is 0. The average Bonchev–Trinajstić information content (AvgIpc) is 1.89. The average molecular weight is 155 g/mol. The zero-order valence-electron chi connectivity index (χ0n) is 5.57. The molecule has 0 saturated carbocycles. The van der Waals surface area contributed by atoms with Crippen LogP contribution in [0.1, 0.15) is 0 Å². The SMILES string of the molecule is CO[P+](O)(CCO)OC. The molecule has 0 amide bonds. The van der Waals surface area contributed by atoms with Crippen LogP contribution in [0.2, 0.25) is 0 Å². The number of aliphatic hydroxyl groups excluding tert-OH is 1. The number of rotatable bonds is 4. The van der Waals surface area contributed by atoms with E-state index in [0.29, 0.717) is 0 Å². The van der Waals surface area contributed by atoms with Crippen molar-refractivity contribution >= 4 is 7.94 Å². The van der Waals surface area contributed by atoms with Gasteiger partial charge in [-0.2, -0.15) is 13.9 Å². The Balaban J connectivity index is 3.62. The molecular weight excluding hydrogens is 143 g/mol. The Morgan fingerprint density at radius 1 is 1.33 bits per heavy atom. The Morgan fingerprint density at radius 3 is 1.89 bits per heavy atom. The van der Waals surface area contributed by atoms with Gasteiger partial charge in [-0.05, 0) is 0 Å². The molecule has 0 aliphatic heterocycles. The fourth-order valence-electron chi connectivity index (χ4n) is 0.383. The van der Waals surface area contributed by atoms with E-state index < -0.39 is 7.94 Å². The second kappa shape index (κ2) is 4.14. The highest BCUT2D eigenvalue weighted by Crippen LogP contribution is 2.54. The van der Waals surface area contributed by atoms with Gasteiger partial charge in [0, 0.05) is 0 Å². The molecule has 0 aliphatic carbocycles. The molecule has 0 rings (SSSR count). The van der Waals surface area contributed by atoms with E-state index in [4.69, 9.17) is 10.00 Å². The van der Waals surface area contributed by atoms with Gasteiger partial charge >= 0.3 is 7.94 Å². The molecule has 0 aliphatic rings. The molecule has 5 heteroatoms. The smallest absolute Gasteiger partial charge is 0.392 e. The van der Waals surface area contributed by atoms with Crippen molar-refractivity contribution in [3.05, 3.63) is 0 Å². The molecule has 2 N–H and O–H groups in total. The summed E-state index contributed by atoms with van der Waals surface area (Å²) in [4.78, 5) is 9.14. The van der Waals surface area contributed by atoms with Crippen molar-refractivity contribution in [1.29, 1.82) is 0 Å². The Hall–Kier alpha value is 0.270. The van der Waals surface area contributed by atoms with Crippen molar-refractivity contribution in [3.63, 3.8) is 0 Å². The van der Waals surface area contributed by atoms with Crippen LogP contribution >= 0.6 is 7.94 Å². The number of hydrogen-bond acceptors (Lipinski definition) is 4. The van der Waals surface area contributed by atoms with Crippen molar-refractivity contribution in [1.82, 2.24) is 0 Å². The van der Waals surface area contributed by atoms with Crippen LogP contribution in [0.5, 0.6) is 0 Å². The van der Waals surface area contributed by atoms with Gasteiger partial charge in [-0.3, -0.25) is 0 Å². The van der Waals surface area contributed by atoms with Crippen molar-refractivity contribution in [2.75, 3.05) is 27.0 Å². The second-order valence-corrected chi connectivity index (χ2v) is 3.90. The first-order chi connectivity index (χ1) is 4.18. The van der Waals surface area contributed by atoms with Gasteiger partial charge in [0.2, 0.25) is 0 Å². The Labute approximate surface area is 55.0 Å². The maximum atomic E-state index is 9.14. The maximum Gasteiger partial charge on any atom is 0.410 e. The fraction of sp³-hybridized carbons (Fsp3) is 1.00. The van der Waals surface area contributed by atoms with E-state index >= 15 is 0 Å². The Morgan fingerprint density at radius 2 is 1.78 bits per heavy atom. The van der Waals surface area contributed by atoms with E-state index in [1.165, 1.54) is 14.2 Å². The standard InChI is InChI=1S/C4H12O4P/c1-7-9(6,8-2)4-3-5/h5-6H,3-4H2,1-2H3/q+1. The quantitative estimate of drug-likeness (QED) is 0.562. The molecular formula is C4H12O4P+. The Bertz CT molecular complexity index is 73.0. The van der Waals surface area contributed by atoms with Gasteiger partial charge in [-0.1, -0.05) is 0 Å². The first kappa shape index (κ1) is 9.27. The molecule has 4 nitrogen and oxygen atoms in total. The molecule has 0 saturated heterocycles. The third kappa shape index (κ3) is 3.08. The first-order valence-electron chi connectivity index (χ1n) is 2.51. The molecule has 0 spiro atoms. The summed E-state index contributed by atoms with van der Waals surface area (Å²) < 4.78 is 9.22. The third-order valence-electron chi connectivity index (χ3n) is 0.953. The lowest BCUT2D eigenvalue weighted by Gasteiger charge is -2.10. The molecule has 0 radical (unpaired) electrons. The monoisotopic (exact) mass is 155 g/mol. The predicted molar refractivity (Wildman–Crippen MR) is 35.1 cm³/mol. The van der Waals surface area contributed by atoms with Gasteiger partial charge in [0.1, 0.15) is 0 Å². The topological polar surface area (TPSA) is 58.9 Å². The minimum Gasteiger partial charge on any atom is -0.392 e. The lowest BCUT2D eigenvalue weighted by atomic mass is 10.9. The highest BCUT2D eigenvalue weighted by Gasteiger charge is 2.36. The van der Waals surface area contributed by atoms with Gasteiger partial charge in [0.25, 0.3) is 0 Å². The minimum absolute atomic E-state index is 0.119. The van der Waals surface area contributed by atoms with Crippen LogP contribution in [0.3, 0.4) is 0 Å². The number of hydrogen-bond donors (Lipinski definition) is 2. The zero-order chi connectivity index (χ0) is 7.33. The second-order valence-electron chi connectivity index (χ2n) is 1.45. The molecule has 0 fully saturated rings. The minimum atomic E-state index is -2.68. The summed E-state index contributed by atoms with van der Waals surface area (Å²) in [6.07, 6.45) is 0.167. The summed E-state index contributed by atoms with van der Waals surface area (Å²) in [6, 6.07) is 0. The van der Waals surface area contributed by atoms with E-state index in [9.17, 15) is 0 Å². The van der Waals surface area contributed by atoms with E-state index in [1.807, 2.05) is 0 Å². The molecule has 0 heterocycles. The maximum absolute atomic E-state index is 9.14. The van der Waals surface area contributed by atoms with E-state index in [-0.39, 0.29) is 12.8 Å². The lowest BCUT2D eigenvalue weighted by molar-refractivity contribution is 0.226. The van der Waals surface area contributed by atoms with Gasteiger partial charge in [0.15, 0.2) is 6.16 Å². The summed E-state index contributed by atoms with van der Waals surface area (Å²) in [5, 5.41) is 8.37. The predicted octanol–water partition coefficient (Wildman–Crippen LogP) is 0.0264. The van der Waals surface area contributed by atoms with Crippen molar-refractivity contribution in [2.45, 2.75) is 0 Å². The van der Waals surface area contributed by atoms with E-state index in [0.717, 1.165) is 0 Å². The van der Waals surface area contributed by atoms with Crippen LogP contribution in [0.15, 0.2) is 0 Å². The van der Waals surface area contributed by atoms with E-state index in [2.05, 4.69) is 9.05 Å². The summed E-state index contributed by atoms with van der Waals surface area (Å²) in [5.41, 5.74) is 0. The van der Waals surface area contributed by atoms with Crippen LogP contribution in [-0.2, 0) is 9.05 Å². The molecule has 0 unspecified atom stereocenters. The summed E-state index contributed by atoms with van der Waals surface area (Å²) in [7, 11) is 0.0271. The first-order valence-corrected chi connectivity index (χ1v) is 4.28. The summed E-state index contributed by atoms with van der Waals surface area (Å²) in [6.45, 7) is -0.119. The van der Waals surface area contributed by atoms with Crippen LogP contribution in [0.25, 0.3) is 0 Å². The van der Waals surface area contributed by atoms with Gasteiger partial charge < -0.3 is 5.11 Å². The van der Waals surface area contributed by atoms with Gasteiger partial charge in [-0.15, -0.1) is 0 Å². The number of aliphatic hydroxyl groups is 1. The lowest BCUT2D eigenvalue weighted by Crippen LogP contribution is -2.05. The zero-order valence-corrected chi connectivity index (χ0v) is 6.47. The van der Waals surface area contributed by atoms with Crippen LogP contribution in [0.4, 0.5) is 0 Å². The molecule has 0 atom stereocenters. The molecule has 9 heavy (non-hydrogen) atoms. The normalized spacial score (nSPS) is 12.0. The highest BCUT2D eigenvalue weighted by molar-refractivity contribution is 7.60. The van der Waals surface area contributed by atoms with Crippen molar-refractivity contribution in [3.8, 4) is 0 Å². The van der Waals surface area contributed by atoms with Crippen molar-refractivity contribution in [2.24, 2.45) is 0 Å².